The van der Waals surface area contributed by atoms with Crippen LogP contribution in [-0.4, -0.2) is 16.1 Å². The van der Waals surface area contributed by atoms with Crippen LogP contribution in [0.25, 0.3) is 11.3 Å². The summed E-state index contributed by atoms with van der Waals surface area (Å²) in [5.41, 5.74) is 0.376. The Bertz CT molecular complexity index is 631. The maximum absolute atomic E-state index is 13.2. The summed E-state index contributed by atoms with van der Waals surface area (Å²) in [6, 6.07) is 6.69. The molecule has 6 heteroatoms. The smallest absolute Gasteiger partial charge is 0.335 e. The van der Waals surface area contributed by atoms with Crippen LogP contribution >= 0.6 is 23.2 Å². The second-order valence-corrected chi connectivity index (χ2v) is 4.34. The molecule has 0 unspecified atom stereocenters. The van der Waals surface area contributed by atoms with Crippen molar-refractivity contribution in [3.8, 4) is 11.3 Å². The Balaban J connectivity index is 2.60. The van der Waals surface area contributed by atoms with Crippen LogP contribution in [0.1, 0.15) is 10.4 Å². The van der Waals surface area contributed by atoms with Gasteiger partial charge in [-0.05, 0) is 24.3 Å². The van der Waals surface area contributed by atoms with Gasteiger partial charge in [-0.1, -0.05) is 23.2 Å². The van der Waals surface area contributed by atoms with Gasteiger partial charge in [0.1, 0.15) is 0 Å². The molecule has 0 fully saturated rings. The maximum Gasteiger partial charge on any atom is 0.335 e. The molecule has 0 saturated heterocycles. The second-order valence-electron chi connectivity index (χ2n) is 3.49. The second kappa shape index (κ2) is 4.92. The Kier molecular flexibility index (Phi) is 3.50. The summed E-state index contributed by atoms with van der Waals surface area (Å²) in [4.78, 5) is 14.4. The highest BCUT2D eigenvalue weighted by atomic mass is 35.5. The number of aromatic nitrogens is 1. The van der Waals surface area contributed by atoms with Crippen molar-refractivity contribution in [2.24, 2.45) is 0 Å². The quantitative estimate of drug-likeness (QED) is 0.852. The third-order valence-electron chi connectivity index (χ3n) is 2.25. The lowest BCUT2D eigenvalue weighted by atomic mass is 10.1. The van der Waals surface area contributed by atoms with Crippen molar-refractivity contribution >= 4 is 29.2 Å². The van der Waals surface area contributed by atoms with Crippen LogP contribution in [0.5, 0.6) is 0 Å². The van der Waals surface area contributed by atoms with Gasteiger partial charge in [-0.2, -0.15) is 4.39 Å². The zero-order valence-corrected chi connectivity index (χ0v) is 10.3. The van der Waals surface area contributed by atoms with Gasteiger partial charge in [0.15, 0.2) is 0 Å². The van der Waals surface area contributed by atoms with E-state index >= 15 is 0 Å². The van der Waals surface area contributed by atoms with Crippen molar-refractivity contribution in [2.45, 2.75) is 0 Å². The Hall–Kier alpha value is -1.65. The molecule has 0 aliphatic carbocycles. The molecule has 1 aromatic heterocycles. The molecule has 2 aromatic rings. The highest BCUT2D eigenvalue weighted by molar-refractivity contribution is 6.36. The lowest BCUT2D eigenvalue weighted by Gasteiger charge is -2.05. The van der Waals surface area contributed by atoms with Crippen LogP contribution < -0.4 is 0 Å². The molecule has 0 spiro atoms. The Morgan fingerprint density at radius 3 is 2.56 bits per heavy atom. The van der Waals surface area contributed by atoms with E-state index in [1.165, 1.54) is 12.1 Å². The van der Waals surface area contributed by atoms with Gasteiger partial charge in [-0.25, -0.2) is 9.78 Å². The molecule has 0 amide bonds. The molecule has 92 valence electrons. The third kappa shape index (κ3) is 2.60. The van der Waals surface area contributed by atoms with E-state index in [0.717, 1.165) is 6.07 Å². The number of carbonyl (C=O) groups is 1. The largest absolute Gasteiger partial charge is 0.478 e. The van der Waals surface area contributed by atoms with Crippen molar-refractivity contribution in [3.05, 3.63) is 51.9 Å². The van der Waals surface area contributed by atoms with Crippen molar-refractivity contribution in [1.82, 2.24) is 4.98 Å². The summed E-state index contributed by atoms with van der Waals surface area (Å²) in [6.45, 7) is 0. The summed E-state index contributed by atoms with van der Waals surface area (Å²) >= 11 is 11.7. The monoisotopic (exact) mass is 285 g/mol. The summed E-state index contributed by atoms with van der Waals surface area (Å²) in [7, 11) is 0. The first-order chi connectivity index (χ1) is 8.47. The van der Waals surface area contributed by atoms with Gasteiger partial charge >= 0.3 is 5.97 Å². The lowest BCUT2D eigenvalue weighted by molar-refractivity contribution is 0.0696. The average molecular weight is 286 g/mol. The topological polar surface area (TPSA) is 50.2 Å². The van der Waals surface area contributed by atoms with E-state index in [9.17, 15) is 9.18 Å². The average Bonchev–Trinajstić information content (AvgIpc) is 2.27. The van der Waals surface area contributed by atoms with Gasteiger partial charge < -0.3 is 5.11 Å². The molecule has 1 N–H and O–H groups in total. The van der Waals surface area contributed by atoms with Crippen molar-refractivity contribution in [3.63, 3.8) is 0 Å². The molecule has 3 nitrogen and oxygen atoms in total. The Morgan fingerprint density at radius 1 is 1.22 bits per heavy atom. The van der Waals surface area contributed by atoms with Gasteiger partial charge in [0.05, 0.1) is 16.3 Å². The van der Waals surface area contributed by atoms with E-state index < -0.39 is 11.9 Å². The predicted octanol–water partition coefficient (Wildman–Crippen LogP) is 3.89. The molecule has 1 heterocycles. The highest BCUT2D eigenvalue weighted by Gasteiger charge is 2.12. The van der Waals surface area contributed by atoms with E-state index in [2.05, 4.69) is 4.98 Å². The number of rotatable bonds is 2. The third-order valence-corrected chi connectivity index (χ3v) is 2.80. The van der Waals surface area contributed by atoms with Crippen LogP contribution in [-0.2, 0) is 0 Å². The van der Waals surface area contributed by atoms with Crippen molar-refractivity contribution < 1.29 is 14.3 Å². The van der Waals surface area contributed by atoms with Crippen LogP contribution in [0.3, 0.4) is 0 Å². The molecule has 0 bridgehead atoms. The number of halogens is 3. The normalized spacial score (nSPS) is 10.4. The van der Waals surface area contributed by atoms with Crippen LogP contribution in [0.15, 0.2) is 30.3 Å². The fourth-order valence-corrected chi connectivity index (χ4v) is 1.96. The van der Waals surface area contributed by atoms with Gasteiger partial charge in [0.25, 0.3) is 0 Å². The van der Waals surface area contributed by atoms with E-state index in [0.29, 0.717) is 10.6 Å². The molecule has 0 aliphatic heterocycles. The molecule has 0 radical (unpaired) electrons. The Labute approximate surface area is 112 Å². The first-order valence-corrected chi connectivity index (χ1v) is 5.59. The first-order valence-electron chi connectivity index (χ1n) is 4.83. The summed E-state index contributed by atoms with van der Waals surface area (Å²) in [5, 5.41) is 9.55. The summed E-state index contributed by atoms with van der Waals surface area (Å²) < 4.78 is 13.2. The number of hydrogen-bond donors (Lipinski definition) is 1. The minimum atomic E-state index is -1.23. The number of hydrogen-bond acceptors (Lipinski definition) is 2. The molecule has 0 atom stereocenters. The molecule has 1 aromatic carbocycles. The minimum Gasteiger partial charge on any atom is -0.478 e. The van der Waals surface area contributed by atoms with Crippen LogP contribution in [0.4, 0.5) is 4.39 Å². The number of carboxylic acid groups (broad SMARTS) is 1. The van der Waals surface area contributed by atoms with Crippen molar-refractivity contribution in [1.29, 1.82) is 0 Å². The number of benzene rings is 1. The zero-order valence-electron chi connectivity index (χ0n) is 8.82. The van der Waals surface area contributed by atoms with E-state index in [4.69, 9.17) is 28.3 Å². The fourth-order valence-electron chi connectivity index (χ4n) is 1.46. The fraction of sp³-hybridized carbons (Fsp3) is 0. The van der Waals surface area contributed by atoms with Crippen LogP contribution in [0, 0.1) is 5.95 Å². The van der Waals surface area contributed by atoms with Gasteiger partial charge in [-0.15, -0.1) is 0 Å². The maximum atomic E-state index is 13.2. The summed E-state index contributed by atoms with van der Waals surface area (Å²) in [5.74, 6) is -2.11. The van der Waals surface area contributed by atoms with Crippen molar-refractivity contribution in [2.75, 3.05) is 0 Å². The standard InChI is InChI=1S/C12H6Cl2FNO2/c13-7-1-2-8(9(14)5-7)10-3-6(12(17)18)4-11(15)16-10/h1-5H,(H,17,18). The van der Waals surface area contributed by atoms with Crippen LogP contribution in [0.2, 0.25) is 10.0 Å². The van der Waals surface area contributed by atoms with Gasteiger partial charge in [0, 0.05) is 16.7 Å². The highest BCUT2D eigenvalue weighted by Crippen LogP contribution is 2.29. The van der Waals surface area contributed by atoms with E-state index in [-0.39, 0.29) is 16.3 Å². The SMILES string of the molecule is O=C(O)c1cc(F)nc(-c2ccc(Cl)cc2Cl)c1. The molecular formula is C12H6Cl2FNO2. The number of nitrogens with zero attached hydrogens (tertiary/aromatic N) is 1. The summed E-state index contributed by atoms with van der Waals surface area (Å²) in [6.07, 6.45) is 0. The molecule has 18 heavy (non-hydrogen) atoms. The lowest BCUT2D eigenvalue weighted by Crippen LogP contribution is -2.00. The zero-order chi connectivity index (χ0) is 13.3. The minimum absolute atomic E-state index is 0.147. The van der Waals surface area contributed by atoms with Gasteiger partial charge in [0.2, 0.25) is 5.95 Å². The van der Waals surface area contributed by atoms with E-state index in [1.54, 1.807) is 12.1 Å². The predicted molar refractivity (Wildman–Crippen MR) is 66.6 cm³/mol. The molecule has 0 saturated carbocycles. The van der Waals surface area contributed by atoms with Gasteiger partial charge in [-0.3, -0.25) is 0 Å². The molecule has 0 aliphatic rings. The first kappa shape index (κ1) is 12.8. The van der Waals surface area contributed by atoms with E-state index in [1.807, 2.05) is 0 Å². The Morgan fingerprint density at radius 2 is 1.94 bits per heavy atom. The number of aromatic carboxylic acids is 1. The number of pyridine rings is 1. The molecular weight excluding hydrogens is 280 g/mol. The molecule has 2 rings (SSSR count). The number of carboxylic acids is 1.